The normalized spacial score (nSPS) is 20.8. The zero-order chi connectivity index (χ0) is 17.9. The summed E-state index contributed by atoms with van der Waals surface area (Å²) in [5.41, 5.74) is 2.07. The van der Waals surface area contributed by atoms with Crippen LogP contribution in [0.1, 0.15) is 12.1 Å². The van der Waals surface area contributed by atoms with Crippen LogP contribution in [0.2, 0.25) is 0 Å². The third-order valence-electron chi connectivity index (χ3n) is 5.08. The van der Waals surface area contributed by atoms with Crippen LogP contribution in [0.3, 0.4) is 0 Å². The van der Waals surface area contributed by atoms with Crippen LogP contribution in [0.4, 0.5) is 5.82 Å². The molecule has 0 aliphatic carbocycles. The van der Waals surface area contributed by atoms with Crippen LogP contribution in [0.5, 0.6) is 0 Å². The Morgan fingerprint density at radius 1 is 1.27 bits per heavy atom. The summed E-state index contributed by atoms with van der Waals surface area (Å²) in [4.78, 5) is 17.6. The number of aliphatic hydroxyl groups excluding tert-OH is 1. The van der Waals surface area contributed by atoms with E-state index in [1.165, 1.54) is 0 Å². The smallest absolute Gasteiger partial charge is 0.150 e. The summed E-state index contributed by atoms with van der Waals surface area (Å²) in [6, 6.07) is 8.18. The summed E-state index contributed by atoms with van der Waals surface area (Å²) >= 11 is 1.66. The van der Waals surface area contributed by atoms with E-state index in [0.717, 1.165) is 47.7 Å². The number of hydrogen-bond acceptors (Lipinski definition) is 7. The van der Waals surface area contributed by atoms with E-state index in [4.69, 9.17) is 0 Å². The van der Waals surface area contributed by atoms with Gasteiger partial charge in [0.2, 0.25) is 0 Å². The number of β-amino-alcohol motifs (C(OH)–C–C–N with tert-alkyl or cyclic N) is 1. The highest BCUT2D eigenvalue weighted by molar-refractivity contribution is 7.17. The molecule has 0 aromatic carbocycles. The third-order valence-corrected chi connectivity index (χ3v) is 5.98. The molecule has 0 saturated carbocycles. The first-order chi connectivity index (χ1) is 12.7. The zero-order valence-electron chi connectivity index (χ0n) is 14.8. The van der Waals surface area contributed by atoms with Crippen LogP contribution < -0.4 is 4.90 Å². The van der Waals surface area contributed by atoms with Crippen molar-refractivity contribution in [2.24, 2.45) is 0 Å². The molecule has 6 nitrogen and oxygen atoms in total. The summed E-state index contributed by atoms with van der Waals surface area (Å²) < 4.78 is 1.10. The van der Waals surface area contributed by atoms with Gasteiger partial charge < -0.3 is 14.9 Å². The van der Waals surface area contributed by atoms with Crippen molar-refractivity contribution in [3.8, 4) is 0 Å². The predicted molar refractivity (Wildman–Crippen MR) is 105 cm³/mol. The number of pyridine rings is 1. The van der Waals surface area contributed by atoms with Crippen LogP contribution >= 0.6 is 11.3 Å². The van der Waals surface area contributed by atoms with Crippen LogP contribution in [-0.4, -0.2) is 63.8 Å². The monoisotopic (exact) mass is 369 g/mol. The van der Waals surface area contributed by atoms with Crippen molar-refractivity contribution in [1.82, 2.24) is 19.9 Å². The standard InChI is InChI=1S/C19H23N5OS/c1-23(9-5-14-4-2-3-8-20-14)16-6-10-24(12-17(16)25)19-18-15(7-11-26-18)21-13-22-19/h2-4,7-8,11,13,16-17,25H,5-6,9-10,12H2,1H3/t16-,17-/m1/s1. The molecule has 1 aliphatic rings. The Morgan fingerprint density at radius 3 is 3.00 bits per heavy atom. The molecule has 7 heteroatoms. The topological polar surface area (TPSA) is 65.4 Å². The summed E-state index contributed by atoms with van der Waals surface area (Å²) in [7, 11) is 2.09. The molecule has 1 saturated heterocycles. The highest BCUT2D eigenvalue weighted by Gasteiger charge is 2.31. The van der Waals surface area contributed by atoms with Gasteiger partial charge in [0.15, 0.2) is 0 Å². The van der Waals surface area contributed by atoms with Gasteiger partial charge in [-0.3, -0.25) is 4.98 Å². The maximum absolute atomic E-state index is 10.8. The highest BCUT2D eigenvalue weighted by atomic mass is 32.1. The lowest BCUT2D eigenvalue weighted by Crippen LogP contribution is -2.53. The van der Waals surface area contributed by atoms with Crippen LogP contribution in [0, 0.1) is 0 Å². The minimum absolute atomic E-state index is 0.163. The molecule has 0 unspecified atom stereocenters. The minimum Gasteiger partial charge on any atom is -0.390 e. The number of nitrogens with zero attached hydrogens (tertiary/aromatic N) is 5. The molecule has 0 radical (unpaired) electrons. The molecule has 136 valence electrons. The molecule has 2 atom stereocenters. The molecule has 4 heterocycles. The summed E-state index contributed by atoms with van der Waals surface area (Å²) in [6.45, 7) is 2.38. The van der Waals surface area contributed by atoms with E-state index < -0.39 is 6.10 Å². The third kappa shape index (κ3) is 3.56. The number of rotatable bonds is 5. The number of aromatic nitrogens is 3. The first kappa shape index (κ1) is 17.3. The van der Waals surface area contributed by atoms with Gasteiger partial charge in [-0.05, 0) is 37.0 Å². The zero-order valence-corrected chi connectivity index (χ0v) is 15.6. The van der Waals surface area contributed by atoms with Crippen molar-refractivity contribution in [3.05, 3.63) is 47.9 Å². The predicted octanol–water partition coefficient (Wildman–Crippen LogP) is 2.20. The lowest BCUT2D eigenvalue weighted by molar-refractivity contribution is 0.0509. The average molecular weight is 369 g/mol. The van der Waals surface area contributed by atoms with E-state index in [9.17, 15) is 5.11 Å². The van der Waals surface area contributed by atoms with E-state index in [1.807, 2.05) is 35.8 Å². The van der Waals surface area contributed by atoms with Crippen molar-refractivity contribution in [2.45, 2.75) is 25.0 Å². The van der Waals surface area contributed by atoms with Gasteiger partial charge in [-0.15, -0.1) is 11.3 Å². The molecular formula is C19H23N5OS. The minimum atomic E-state index is -0.400. The molecule has 4 rings (SSSR count). The lowest BCUT2D eigenvalue weighted by Gasteiger charge is -2.40. The van der Waals surface area contributed by atoms with Gasteiger partial charge in [0.1, 0.15) is 12.1 Å². The molecule has 1 fully saturated rings. The number of fused-ring (bicyclic) bond motifs is 1. The fraction of sp³-hybridized carbons (Fsp3) is 0.421. The van der Waals surface area contributed by atoms with Gasteiger partial charge >= 0.3 is 0 Å². The van der Waals surface area contributed by atoms with Crippen LogP contribution in [0.15, 0.2) is 42.2 Å². The molecule has 26 heavy (non-hydrogen) atoms. The first-order valence-electron chi connectivity index (χ1n) is 8.94. The van der Waals surface area contributed by atoms with Crippen molar-refractivity contribution in [2.75, 3.05) is 31.6 Å². The van der Waals surface area contributed by atoms with E-state index in [0.29, 0.717) is 6.54 Å². The second-order valence-corrected chi connectivity index (χ2v) is 7.67. The van der Waals surface area contributed by atoms with Gasteiger partial charge in [-0.1, -0.05) is 6.07 Å². The first-order valence-corrected chi connectivity index (χ1v) is 9.81. The summed E-state index contributed by atoms with van der Waals surface area (Å²) in [5.74, 6) is 0.943. The summed E-state index contributed by atoms with van der Waals surface area (Å²) in [6.07, 6.45) is 4.85. The Kier molecular flexibility index (Phi) is 5.10. The Bertz CT molecular complexity index is 855. The van der Waals surface area contributed by atoms with Crippen LogP contribution in [-0.2, 0) is 6.42 Å². The quantitative estimate of drug-likeness (QED) is 0.744. The van der Waals surface area contributed by atoms with E-state index in [2.05, 4.69) is 31.8 Å². The van der Waals surface area contributed by atoms with Gasteiger partial charge in [0, 0.05) is 44.0 Å². The largest absolute Gasteiger partial charge is 0.390 e. The Hall–Kier alpha value is -2.09. The van der Waals surface area contributed by atoms with Gasteiger partial charge in [-0.2, -0.15) is 0 Å². The SMILES string of the molecule is CN(CCc1ccccn1)[C@@H]1CCN(c2ncnc3ccsc23)C[C@H]1O. The maximum Gasteiger partial charge on any atom is 0.150 e. The number of piperidine rings is 1. The second-order valence-electron chi connectivity index (χ2n) is 6.75. The van der Waals surface area contributed by atoms with Crippen LogP contribution in [0.25, 0.3) is 10.2 Å². The molecule has 0 amide bonds. The van der Waals surface area contributed by atoms with Crippen molar-refractivity contribution < 1.29 is 5.11 Å². The van der Waals surface area contributed by atoms with E-state index >= 15 is 0 Å². The fourth-order valence-electron chi connectivity index (χ4n) is 3.63. The van der Waals surface area contributed by atoms with Gasteiger partial charge in [0.05, 0.1) is 16.3 Å². The number of hydrogen-bond donors (Lipinski definition) is 1. The number of thiophene rings is 1. The molecule has 3 aromatic rings. The highest BCUT2D eigenvalue weighted by Crippen LogP contribution is 2.30. The average Bonchev–Trinajstić information content (AvgIpc) is 3.15. The number of anilines is 1. The summed E-state index contributed by atoms with van der Waals surface area (Å²) in [5, 5.41) is 12.8. The van der Waals surface area contributed by atoms with Crippen molar-refractivity contribution in [3.63, 3.8) is 0 Å². The van der Waals surface area contributed by atoms with Crippen molar-refractivity contribution in [1.29, 1.82) is 0 Å². The lowest BCUT2D eigenvalue weighted by atomic mass is 10.00. The Labute approximate surface area is 157 Å². The van der Waals surface area contributed by atoms with Gasteiger partial charge in [0.25, 0.3) is 0 Å². The second kappa shape index (κ2) is 7.65. The number of likely N-dealkylation sites (N-methyl/N-ethyl adjacent to an activating group) is 1. The molecule has 0 spiro atoms. The molecular weight excluding hydrogens is 346 g/mol. The molecule has 3 aromatic heterocycles. The Morgan fingerprint density at radius 2 is 2.19 bits per heavy atom. The number of aliphatic hydroxyl groups is 1. The molecule has 0 bridgehead atoms. The molecule has 1 N–H and O–H groups in total. The fourth-order valence-corrected chi connectivity index (χ4v) is 4.49. The van der Waals surface area contributed by atoms with E-state index in [-0.39, 0.29) is 6.04 Å². The van der Waals surface area contributed by atoms with Gasteiger partial charge in [-0.25, -0.2) is 9.97 Å². The van der Waals surface area contributed by atoms with Crippen molar-refractivity contribution >= 4 is 27.4 Å². The maximum atomic E-state index is 10.8. The molecule has 1 aliphatic heterocycles. The Balaban J connectivity index is 1.39. The van der Waals surface area contributed by atoms with E-state index in [1.54, 1.807) is 17.7 Å².